The molecule has 0 bridgehead atoms. The summed E-state index contributed by atoms with van der Waals surface area (Å²) in [5.74, 6) is 0.276. The Morgan fingerprint density at radius 2 is 1.69 bits per heavy atom. The first-order valence-corrected chi connectivity index (χ1v) is 11.7. The van der Waals surface area contributed by atoms with Crippen molar-refractivity contribution in [3.05, 3.63) is 95.1 Å². The van der Waals surface area contributed by atoms with E-state index in [0.717, 1.165) is 11.1 Å². The van der Waals surface area contributed by atoms with Gasteiger partial charge in [0, 0.05) is 24.7 Å². The van der Waals surface area contributed by atoms with Gasteiger partial charge in [0.1, 0.15) is 5.75 Å². The van der Waals surface area contributed by atoms with Gasteiger partial charge in [-0.25, -0.2) is 8.42 Å². The third-order valence-electron chi connectivity index (χ3n) is 5.31. The molecule has 0 aliphatic heterocycles. The van der Waals surface area contributed by atoms with Gasteiger partial charge in [0.25, 0.3) is 5.91 Å². The maximum absolute atomic E-state index is 13.0. The molecule has 0 saturated heterocycles. The second-order valence-corrected chi connectivity index (χ2v) is 9.75. The first-order chi connectivity index (χ1) is 15.2. The molecule has 168 valence electrons. The number of rotatable bonds is 8. The molecule has 0 fully saturated rings. The highest BCUT2D eigenvalue weighted by Crippen LogP contribution is 2.25. The van der Waals surface area contributed by atoms with Crippen LogP contribution in [-0.4, -0.2) is 32.8 Å². The van der Waals surface area contributed by atoms with E-state index in [-0.39, 0.29) is 23.4 Å². The number of carbonyl (C=O) groups is 1. The summed E-state index contributed by atoms with van der Waals surface area (Å²) in [5.41, 5.74) is 3.02. The van der Waals surface area contributed by atoms with Crippen molar-refractivity contribution in [1.82, 2.24) is 9.62 Å². The number of amides is 1. The zero-order valence-electron chi connectivity index (χ0n) is 18.7. The third-order valence-corrected chi connectivity index (χ3v) is 7.13. The summed E-state index contributed by atoms with van der Waals surface area (Å²) in [5, 5.41) is 2.98. The second-order valence-electron chi connectivity index (χ2n) is 7.71. The van der Waals surface area contributed by atoms with Crippen molar-refractivity contribution in [3.8, 4) is 5.75 Å². The quantitative estimate of drug-likeness (QED) is 0.552. The largest absolute Gasteiger partial charge is 0.496 e. The minimum Gasteiger partial charge on any atom is -0.496 e. The first-order valence-electron chi connectivity index (χ1n) is 10.3. The molecule has 0 aromatic heterocycles. The zero-order chi connectivity index (χ0) is 23.3. The average Bonchev–Trinajstić information content (AvgIpc) is 2.79. The molecule has 3 aromatic carbocycles. The van der Waals surface area contributed by atoms with E-state index in [1.807, 2.05) is 44.2 Å². The third kappa shape index (κ3) is 5.36. The van der Waals surface area contributed by atoms with E-state index in [9.17, 15) is 13.2 Å². The fourth-order valence-electron chi connectivity index (χ4n) is 3.36. The maximum atomic E-state index is 13.0. The zero-order valence-corrected chi connectivity index (χ0v) is 19.5. The number of ether oxygens (including phenoxy) is 1. The van der Waals surface area contributed by atoms with Gasteiger partial charge in [-0.15, -0.1) is 0 Å². The van der Waals surface area contributed by atoms with E-state index < -0.39 is 10.0 Å². The van der Waals surface area contributed by atoms with Crippen molar-refractivity contribution >= 4 is 15.9 Å². The predicted octanol–water partition coefficient (Wildman–Crippen LogP) is 4.32. The Balaban J connectivity index is 1.81. The first kappa shape index (κ1) is 23.5. The number of nitrogens with one attached hydrogen (secondary N) is 1. The van der Waals surface area contributed by atoms with Gasteiger partial charge in [0.05, 0.1) is 18.0 Å². The second kappa shape index (κ2) is 9.97. The summed E-state index contributed by atoms with van der Waals surface area (Å²) in [4.78, 5) is 13.1. The minimum absolute atomic E-state index is 0.0642. The Bertz CT molecular complexity index is 1180. The van der Waals surface area contributed by atoms with Crippen molar-refractivity contribution in [2.24, 2.45) is 0 Å². The molecule has 0 heterocycles. The molecule has 6 nitrogen and oxygen atoms in total. The van der Waals surface area contributed by atoms with Crippen LogP contribution in [0.3, 0.4) is 0 Å². The van der Waals surface area contributed by atoms with Crippen LogP contribution in [0.4, 0.5) is 0 Å². The summed E-state index contributed by atoms with van der Waals surface area (Å²) in [6.07, 6.45) is 0. The predicted molar refractivity (Wildman–Crippen MR) is 125 cm³/mol. The standard InChI is InChI=1S/C25H28N2O4S/c1-18-10-13-23(14-11-18)32(29,30)27(3)17-22-16-21(12-15-24(22)31-4)25(28)26-19(2)20-8-6-5-7-9-20/h5-16,19H,17H2,1-4H3,(H,26,28)/t19-/m0/s1. The lowest BCUT2D eigenvalue weighted by atomic mass is 10.1. The number of hydrogen-bond donors (Lipinski definition) is 1. The smallest absolute Gasteiger partial charge is 0.251 e. The Labute approximate surface area is 189 Å². The van der Waals surface area contributed by atoms with Crippen LogP contribution in [0.25, 0.3) is 0 Å². The van der Waals surface area contributed by atoms with E-state index in [4.69, 9.17) is 4.74 Å². The molecule has 1 amide bonds. The number of methoxy groups -OCH3 is 1. The molecular weight excluding hydrogens is 424 g/mol. The summed E-state index contributed by atoms with van der Waals surface area (Å²) < 4.78 is 32.6. The Morgan fingerprint density at radius 3 is 2.31 bits per heavy atom. The van der Waals surface area contributed by atoms with Crippen LogP contribution in [0.5, 0.6) is 5.75 Å². The maximum Gasteiger partial charge on any atom is 0.251 e. The molecule has 3 rings (SSSR count). The van der Waals surface area contributed by atoms with Gasteiger partial charge in [-0.2, -0.15) is 4.31 Å². The molecule has 0 unspecified atom stereocenters. The van der Waals surface area contributed by atoms with Gasteiger partial charge >= 0.3 is 0 Å². The van der Waals surface area contributed by atoms with E-state index in [2.05, 4.69) is 5.32 Å². The lowest BCUT2D eigenvalue weighted by molar-refractivity contribution is 0.0939. The summed E-state index contributed by atoms with van der Waals surface area (Å²) in [6.45, 7) is 3.88. The van der Waals surface area contributed by atoms with E-state index in [0.29, 0.717) is 16.9 Å². The lowest BCUT2D eigenvalue weighted by Gasteiger charge is -2.20. The molecular formula is C25H28N2O4S. The highest BCUT2D eigenvalue weighted by atomic mass is 32.2. The molecule has 3 aromatic rings. The number of nitrogens with zero attached hydrogens (tertiary/aromatic N) is 1. The molecule has 32 heavy (non-hydrogen) atoms. The molecule has 0 radical (unpaired) electrons. The average molecular weight is 453 g/mol. The van der Waals surface area contributed by atoms with Crippen LogP contribution in [0.1, 0.15) is 40.0 Å². The van der Waals surface area contributed by atoms with Crippen LogP contribution in [0.2, 0.25) is 0 Å². The van der Waals surface area contributed by atoms with Crippen LogP contribution in [0.15, 0.2) is 77.7 Å². The Kier molecular flexibility index (Phi) is 7.33. The number of benzene rings is 3. The summed E-state index contributed by atoms with van der Waals surface area (Å²) in [7, 11) is -0.659. The van der Waals surface area contributed by atoms with Crippen molar-refractivity contribution in [2.45, 2.75) is 31.3 Å². The molecule has 0 aliphatic carbocycles. The molecule has 7 heteroatoms. The molecule has 0 saturated carbocycles. The minimum atomic E-state index is -3.69. The molecule has 0 aliphatic rings. The molecule has 1 atom stereocenters. The van der Waals surface area contributed by atoms with Crippen LogP contribution in [-0.2, 0) is 16.6 Å². The van der Waals surface area contributed by atoms with Gasteiger partial charge < -0.3 is 10.1 Å². The van der Waals surface area contributed by atoms with Gasteiger partial charge in [-0.1, -0.05) is 48.0 Å². The Hall–Kier alpha value is -3.16. The van der Waals surface area contributed by atoms with E-state index in [1.165, 1.54) is 18.5 Å². The molecule has 1 N–H and O–H groups in total. The van der Waals surface area contributed by atoms with Gasteiger partial charge in [-0.3, -0.25) is 4.79 Å². The van der Waals surface area contributed by atoms with Crippen molar-refractivity contribution in [1.29, 1.82) is 0 Å². The SMILES string of the molecule is COc1ccc(C(=O)N[C@@H](C)c2ccccc2)cc1CN(C)S(=O)(=O)c1ccc(C)cc1. The van der Waals surface area contributed by atoms with Gasteiger partial charge in [-0.05, 0) is 49.7 Å². The number of sulfonamides is 1. The monoisotopic (exact) mass is 452 g/mol. The van der Waals surface area contributed by atoms with E-state index >= 15 is 0 Å². The van der Waals surface area contributed by atoms with Crippen LogP contribution >= 0.6 is 0 Å². The highest BCUT2D eigenvalue weighted by Gasteiger charge is 2.23. The highest BCUT2D eigenvalue weighted by molar-refractivity contribution is 7.89. The van der Waals surface area contributed by atoms with E-state index in [1.54, 1.807) is 42.5 Å². The Morgan fingerprint density at radius 1 is 1.03 bits per heavy atom. The van der Waals surface area contributed by atoms with Crippen molar-refractivity contribution in [2.75, 3.05) is 14.2 Å². The summed E-state index contributed by atoms with van der Waals surface area (Å²) >= 11 is 0. The number of carbonyl (C=O) groups excluding carboxylic acids is 1. The fourth-order valence-corrected chi connectivity index (χ4v) is 4.51. The van der Waals surface area contributed by atoms with Crippen LogP contribution in [0, 0.1) is 6.92 Å². The van der Waals surface area contributed by atoms with Gasteiger partial charge in [0.15, 0.2) is 0 Å². The van der Waals surface area contributed by atoms with Gasteiger partial charge in [0.2, 0.25) is 10.0 Å². The van der Waals surface area contributed by atoms with Crippen molar-refractivity contribution in [3.63, 3.8) is 0 Å². The van der Waals surface area contributed by atoms with Crippen LogP contribution < -0.4 is 10.1 Å². The molecule has 0 spiro atoms. The number of aryl methyl sites for hydroxylation is 1. The van der Waals surface area contributed by atoms with Crippen molar-refractivity contribution < 1.29 is 17.9 Å². The fraction of sp³-hybridized carbons (Fsp3) is 0.240. The topological polar surface area (TPSA) is 75.7 Å². The summed E-state index contributed by atoms with van der Waals surface area (Å²) in [6, 6.07) is 21.3. The lowest BCUT2D eigenvalue weighted by Crippen LogP contribution is -2.28. The normalized spacial score (nSPS) is 12.4. The number of hydrogen-bond acceptors (Lipinski definition) is 4.